The van der Waals surface area contributed by atoms with Gasteiger partial charge in [-0.05, 0) is 26.2 Å². The molecule has 39 heavy (non-hydrogen) atoms. The van der Waals surface area contributed by atoms with Crippen molar-refractivity contribution in [3.63, 3.8) is 0 Å². The van der Waals surface area contributed by atoms with E-state index in [2.05, 4.69) is 5.09 Å². The highest BCUT2D eigenvalue weighted by molar-refractivity contribution is 7.99. The molecule has 1 fully saturated rings. The maximum Gasteiger partial charge on any atom is 0.406 e. The number of esters is 1. The smallest absolute Gasteiger partial charge is 0.406 e. The lowest BCUT2D eigenvalue weighted by Gasteiger charge is -2.27. The van der Waals surface area contributed by atoms with Gasteiger partial charge in [-0.1, -0.05) is 20.8 Å². The Morgan fingerprint density at radius 3 is 2.54 bits per heavy atom. The number of aromatic amines is 1. The third kappa shape index (κ3) is 9.78. The Kier molecular flexibility index (Phi) is 12.4. The highest BCUT2D eigenvalue weighted by atomic mass is 32.2. The number of carbonyl (C=O) groups excluding carboxylic acids is 1. The molecule has 0 amide bonds. The predicted octanol–water partition coefficient (Wildman–Crippen LogP) is 1.55. The Hall–Kier alpha value is -1.58. The molecule has 1 aliphatic rings. The number of aliphatic hydroxyl groups excluding tert-OH is 2. The molecule has 1 aromatic heterocycles. The zero-order valence-corrected chi connectivity index (χ0v) is 24.6. The summed E-state index contributed by atoms with van der Waals surface area (Å²) in [7, 11) is -4.24. The quantitative estimate of drug-likeness (QED) is 0.105. The fraction of sp³-hybridized carbons (Fsp3) is 0.783. The third-order valence-electron chi connectivity index (χ3n) is 5.65. The summed E-state index contributed by atoms with van der Waals surface area (Å²) >= 11 is 1.18. The van der Waals surface area contributed by atoms with Gasteiger partial charge in [0.05, 0.1) is 32.1 Å². The number of hydrogen-bond acceptors (Lipinski definition) is 11. The number of hydrogen-bond donors (Lipinski definition) is 4. The lowest BCUT2D eigenvalue weighted by molar-refractivity contribution is -0.149. The number of carbonyl (C=O) groups is 1. The summed E-state index contributed by atoms with van der Waals surface area (Å²) in [4.78, 5) is 37.9. The molecule has 1 saturated heterocycles. The minimum Gasteiger partial charge on any atom is -0.462 e. The molecule has 2 rings (SSSR count). The average molecular weight is 600 g/mol. The minimum absolute atomic E-state index is 0.135. The first kappa shape index (κ1) is 33.6. The highest BCUT2D eigenvalue weighted by Gasteiger charge is 2.46. The summed E-state index contributed by atoms with van der Waals surface area (Å²) in [5.41, 5.74) is -2.65. The number of alkyl halides is 1. The van der Waals surface area contributed by atoms with E-state index in [-0.39, 0.29) is 12.4 Å². The molecule has 0 aromatic carbocycles. The van der Waals surface area contributed by atoms with Crippen LogP contribution in [0.5, 0.6) is 0 Å². The van der Waals surface area contributed by atoms with Crippen molar-refractivity contribution in [2.45, 2.75) is 77.6 Å². The summed E-state index contributed by atoms with van der Waals surface area (Å²) in [5.74, 6) is -1.63. The van der Waals surface area contributed by atoms with E-state index in [0.29, 0.717) is 0 Å². The second-order valence-electron chi connectivity index (χ2n) is 10.4. The van der Waals surface area contributed by atoms with E-state index in [1.165, 1.54) is 18.7 Å². The first-order valence-corrected chi connectivity index (χ1v) is 15.0. The van der Waals surface area contributed by atoms with Gasteiger partial charge in [0, 0.05) is 23.9 Å². The maximum atomic E-state index is 13.9. The molecule has 13 nitrogen and oxygen atoms in total. The Morgan fingerprint density at radius 1 is 1.31 bits per heavy atom. The van der Waals surface area contributed by atoms with Gasteiger partial charge < -0.3 is 19.7 Å². The van der Waals surface area contributed by atoms with Crippen LogP contribution in [0.4, 0.5) is 4.39 Å². The zero-order valence-electron chi connectivity index (χ0n) is 22.9. The molecule has 0 bridgehead atoms. The molecular formula is C23H39FN3O10PS. The third-order valence-corrected chi connectivity index (χ3v) is 8.79. The van der Waals surface area contributed by atoms with Crippen molar-refractivity contribution >= 4 is 25.5 Å². The van der Waals surface area contributed by atoms with Crippen LogP contribution in [0.15, 0.2) is 21.9 Å². The summed E-state index contributed by atoms with van der Waals surface area (Å²) in [6.07, 6.45) is -3.31. The fourth-order valence-corrected chi connectivity index (χ4v) is 5.98. The van der Waals surface area contributed by atoms with Crippen LogP contribution in [-0.2, 0) is 27.9 Å². The van der Waals surface area contributed by atoms with Gasteiger partial charge >= 0.3 is 19.4 Å². The summed E-state index contributed by atoms with van der Waals surface area (Å²) < 4.78 is 50.2. The first-order valence-electron chi connectivity index (χ1n) is 12.5. The summed E-state index contributed by atoms with van der Waals surface area (Å²) in [6.45, 7) is 8.55. The number of aliphatic hydroxyl groups is 2. The van der Waals surface area contributed by atoms with E-state index in [1.54, 1.807) is 13.8 Å². The average Bonchev–Trinajstić information content (AvgIpc) is 3.14. The maximum absolute atomic E-state index is 13.9. The Labute approximate surface area is 230 Å². The number of halogens is 1. The van der Waals surface area contributed by atoms with Gasteiger partial charge in [-0.3, -0.25) is 32.6 Å². The largest absolute Gasteiger partial charge is 0.462 e. The number of ether oxygens (including phenoxy) is 2. The molecule has 0 spiro atoms. The van der Waals surface area contributed by atoms with Gasteiger partial charge in [0.25, 0.3) is 5.56 Å². The van der Waals surface area contributed by atoms with Gasteiger partial charge in [-0.25, -0.2) is 14.4 Å². The van der Waals surface area contributed by atoms with E-state index < -0.39 is 85.6 Å². The van der Waals surface area contributed by atoms with Gasteiger partial charge in [0.15, 0.2) is 6.23 Å². The molecular weight excluding hydrogens is 560 g/mol. The fourth-order valence-electron chi connectivity index (χ4n) is 3.48. The molecule has 16 heteroatoms. The molecule has 0 radical (unpaired) electrons. The monoisotopic (exact) mass is 599 g/mol. The molecule has 2 heterocycles. The van der Waals surface area contributed by atoms with Crippen LogP contribution in [0.2, 0.25) is 0 Å². The normalized spacial score (nSPS) is 24.9. The van der Waals surface area contributed by atoms with E-state index in [1.807, 2.05) is 25.8 Å². The predicted molar refractivity (Wildman–Crippen MR) is 142 cm³/mol. The molecule has 4 N–H and O–H groups in total. The standard InChI is InChI=1S/C23H39FN3O10PS/c1-13(2)36-20(30)14(3)26-38(33,34-9-10-39-21(31)23(4,5)6)35-12-16-15(11-24)18(29)19(37-16)27-8-7-17(28)25-22(27)32/h7-8,13-16,18-19,21,29,31H,9-12H2,1-6H3,(H,26,33)(H,25,28,32)/t14?,15-,16-,18-,19-,21?,38?/m1/s1. The molecule has 0 aliphatic carbocycles. The second kappa shape index (κ2) is 14.4. The Bertz CT molecular complexity index is 1110. The summed E-state index contributed by atoms with van der Waals surface area (Å²) in [6, 6.07) is -0.0604. The van der Waals surface area contributed by atoms with E-state index in [0.717, 1.165) is 16.8 Å². The van der Waals surface area contributed by atoms with Gasteiger partial charge in [-0.2, -0.15) is 0 Å². The lowest BCUT2D eigenvalue weighted by atomic mass is 9.98. The zero-order chi connectivity index (χ0) is 29.5. The van der Waals surface area contributed by atoms with Crippen molar-refractivity contribution in [3.8, 4) is 0 Å². The highest BCUT2D eigenvalue weighted by Crippen LogP contribution is 2.46. The van der Waals surface area contributed by atoms with Crippen molar-refractivity contribution in [2.75, 3.05) is 25.6 Å². The van der Waals surface area contributed by atoms with Gasteiger partial charge in [0.2, 0.25) is 0 Å². The molecule has 1 aliphatic heterocycles. The molecule has 7 atom stereocenters. The number of rotatable bonds is 14. The number of aromatic nitrogens is 2. The Morgan fingerprint density at radius 2 is 1.97 bits per heavy atom. The van der Waals surface area contributed by atoms with E-state index >= 15 is 0 Å². The van der Waals surface area contributed by atoms with Crippen LogP contribution in [0.3, 0.4) is 0 Å². The number of H-pyrrole nitrogens is 1. The van der Waals surface area contributed by atoms with Crippen molar-refractivity contribution in [1.29, 1.82) is 0 Å². The topological polar surface area (TPSA) is 178 Å². The molecule has 224 valence electrons. The van der Waals surface area contributed by atoms with Crippen LogP contribution in [-0.4, -0.2) is 81.2 Å². The number of nitrogens with one attached hydrogen (secondary N) is 2. The van der Waals surface area contributed by atoms with E-state index in [9.17, 15) is 33.6 Å². The number of nitrogens with zero attached hydrogens (tertiary/aromatic N) is 1. The first-order chi connectivity index (χ1) is 18.1. The summed E-state index contributed by atoms with van der Waals surface area (Å²) in [5, 5.41) is 23.3. The molecule has 1 aromatic rings. The van der Waals surface area contributed by atoms with Crippen LogP contribution in [0.25, 0.3) is 0 Å². The van der Waals surface area contributed by atoms with Gasteiger partial charge in [-0.15, -0.1) is 11.8 Å². The van der Waals surface area contributed by atoms with Gasteiger partial charge in [0.1, 0.15) is 17.6 Å². The van der Waals surface area contributed by atoms with E-state index in [4.69, 9.17) is 18.5 Å². The van der Waals surface area contributed by atoms with Crippen molar-refractivity contribution in [1.82, 2.24) is 14.6 Å². The van der Waals surface area contributed by atoms with Crippen LogP contribution < -0.4 is 16.3 Å². The molecule has 3 unspecified atom stereocenters. The minimum atomic E-state index is -4.24. The van der Waals surface area contributed by atoms with Crippen molar-refractivity contribution in [3.05, 3.63) is 33.1 Å². The van der Waals surface area contributed by atoms with Crippen LogP contribution in [0.1, 0.15) is 47.8 Å². The lowest BCUT2D eigenvalue weighted by Crippen LogP contribution is -2.37. The van der Waals surface area contributed by atoms with Crippen molar-refractivity contribution < 1.29 is 42.5 Å². The SMILES string of the molecule is CC(C)OC(=O)C(C)NP(=O)(OCCSC(O)C(C)(C)C)OC[C@H]1O[C@@H](n2ccc(=O)[nH]c2=O)[C@H](O)[C@@H]1CF. The molecule has 0 saturated carbocycles. The Balaban J connectivity index is 2.15. The second-order valence-corrected chi connectivity index (χ2v) is 13.4. The number of thioether (sulfide) groups is 1. The van der Waals surface area contributed by atoms with Crippen molar-refractivity contribution in [2.24, 2.45) is 11.3 Å². The van der Waals surface area contributed by atoms with Crippen LogP contribution >= 0.6 is 19.5 Å². The van der Waals surface area contributed by atoms with Crippen LogP contribution in [0, 0.1) is 11.3 Å².